The van der Waals surface area contributed by atoms with Crippen LogP contribution in [0.4, 0.5) is 4.39 Å². The van der Waals surface area contributed by atoms with E-state index in [1.807, 2.05) is 0 Å². The van der Waals surface area contributed by atoms with Crippen LogP contribution in [-0.4, -0.2) is 40.7 Å². The van der Waals surface area contributed by atoms with Crippen molar-refractivity contribution in [1.82, 2.24) is 15.1 Å². The molecule has 2 heterocycles. The summed E-state index contributed by atoms with van der Waals surface area (Å²) in [6.07, 6.45) is 1.64. The fourth-order valence-corrected chi connectivity index (χ4v) is 3.80. The number of amides is 1. The molecule has 1 amide bonds. The first-order valence-electron chi connectivity index (χ1n) is 9.44. The van der Waals surface area contributed by atoms with Crippen LogP contribution in [0.1, 0.15) is 24.7 Å². The minimum Gasteiger partial charge on any atom is -0.482 e. The predicted octanol–water partition coefficient (Wildman–Crippen LogP) is 4.97. The molecule has 2 aromatic carbocycles. The Hall–Kier alpha value is -2.64. The Morgan fingerprint density at radius 3 is 2.77 bits per heavy atom. The average Bonchev–Trinajstić information content (AvgIpc) is 3.24. The first kappa shape index (κ1) is 20.6. The molecule has 0 saturated carbocycles. The molecular weight excluding hydrogens is 432 g/mol. The third-order valence-corrected chi connectivity index (χ3v) is 5.43. The van der Waals surface area contributed by atoms with E-state index in [1.165, 1.54) is 12.1 Å². The van der Waals surface area contributed by atoms with Gasteiger partial charge >= 0.3 is 0 Å². The van der Waals surface area contributed by atoms with Crippen molar-refractivity contribution in [1.29, 1.82) is 0 Å². The third kappa shape index (κ3) is 4.74. The van der Waals surface area contributed by atoms with Gasteiger partial charge in [0.1, 0.15) is 11.6 Å². The summed E-state index contributed by atoms with van der Waals surface area (Å²) in [7, 11) is 0. The molecule has 1 unspecified atom stereocenters. The number of carbonyl (C=O) groups excluding carboxylic acids is 1. The normalized spacial score (nSPS) is 16.5. The lowest BCUT2D eigenvalue weighted by molar-refractivity contribution is -0.134. The van der Waals surface area contributed by atoms with Crippen molar-refractivity contribution in [3.05, 3.63) is 64.2 Å². The van der Waals surface area contributed by atoms with E-state index in [1.54, 1.807) is 35.2 Å². The van der Waals surface area contributed by atoms with Crippen molar-refractivity contribution in [2.45, 2.75) is 18.8 Å². The number of aromatic nitrogens is 2. The number of hydrogen-bond acceptors (Lipinski definition) is 5. The quantitative estimate of drug-likeness (QED) is 0.549. The molecule has 0 aliphatic carbocycles. The maximum absolute atomic E-state index is 13.1. The number of benzene rings is 2. The summed E-state index contributed by atoms with van der Waals surface area (Å²) >= 11 is 12.0. The fraction of sp³-hybridized carbons (Fsp3) is 0.286. The average molecular weight is 450 g/mol. The maximum atomic E-state index is 13.1. The van der Waals surface area contributed by atoms with E-state index >= 15 is 0 Å². The van der Waals surface area contributed by atoms with Gasteiger partial charge in [-0.25, -0.2) is 4.39 Å². The van der Waals surface area contributed by atoms with Crippen molar-refractivity contribution in [3.63, 3.8) is 0 Å². The number of piperidine rings is 1. The van der Waals surface area contributed by atoms with E-state index in [2.05, 4.69) is 10.2 Å². The Kier molecular flexibility index (Phi) is 6.20. The summed E-state index contributed by atoms with van der Waals surface area (Å²) in [5.41, 5.74) is 0.645. The van der Waals surface area contributed by atoms with E-state index in [-0.39, 0.29) is 24.2 Å². The largest absolute Gasteiger partial charge is 0.482 e. The van der Waals surface area contributed by atoms with Gasteiger partial charge in [-0.05, 0) is 55.3 Å². The van der Waals surface area contributed by atoms with Gasteiger partial charge in [0.2, 0.25) is 11.8 Å². The van der Waals surface area contributed by atoms with Gasteiger partial charge in [0.05, 0.1) is 10.9 Å². The van der Waals surface area contributed by atoms with Crippen LogP contribution in [-0.2, 0) is 4.79 Å². The molecule has 156 valence electrons. The Morgan fingerprint density at radius 1 is 1.20 bits per heavy atom. The molecule has 1 atom stereocenters. The molecule has 0 bridgehead atoms. The molecule has 1 aromatic heterocycles. The highest BCUT2D eigenvalue weighted by Gasteiger charge is 2.29. The molecule has 1 aliphatic rings. The van der Waals surface area contributed by atoms with Crippen LogP contribution in [0, 0.1) is 5.82 Å². The van der Waals surface area contributed by atoms with Gasteiger partial charge in [0.25, 0.3) is 5.91 Å². The molecule has 9 heteroatoms. The van der Waals surface area contributed by atoms with Gasteiger partial charge < -0.3 is 14.1 Å². The fourth-order valence-electron chi connectivity index (χ4n) is 3.34. The molecule has 0 spiro atoms. The summed E-state index contributed by atoms with van der Waals surface area (Å²) in [4.78, 5) is 14.3. The smallest absolute Gasteiger partial charge is 0.260 e. The SMILES string of the molecule is O=C(COc1ccc(Cl)cc1Cl)N1CCCC(c2nnc(-c3ccc(F)cc3)o2)C1. The maximum Gasteiger partial charge on any atom is 0.260 e. The second kappa shape index (κ2) is 9.02. The van der Waals surface area contributed by atoms with Crippen LogP contribution in [0.2, 0.25) is 10.0 Å². The first-order chi connectivity index (χ1) is 14.5. The van der Waals surface area contributed by atoms with Gasteiger partial charge in [0.15, 0.2) is 6.61 Å². The van der Waals surface area contributed by atoms with Crippen molar-refractivity contribution in [2.75, 3.05) is 19.7 Å². The minimum absolute atomic E-state index is 0.0662. The van der Waals surface area contributed by atoms with Crippen LogP contribution in [0.3, 0.4) is 0 Å². The summed E-state index contributed by atoms with van der Waals surface area (Å²) in [6.45, 7) is 0.965. The van der Waals surface area contributed by atoms with E-state index in [0.717, 1.165) is 12.8 Å². The monoisotopic (exact) mass is 449 g/mol. The molecule has 1 saturated heterocycles. The zero-order chi connectivity index (χ0) is 21.1. The molecular formula is C21H18Cl2FN3O3. The molecule has 3 aromatic rings. The number of nitrogens with zero attached hydrogens (tertiary/aromatic N) is 3. The van der Waals surface area contributed by atoms with Crippen molar-refractivity contribution < 1.29 is 18.3 Å². The molecule has 0 radical (unpaired) electrons. The lowest BCUT2D eigenvalue weighted by Crippen LogP contribution is -2.41. The van der Waals surface area contributed by atoms with Crippen LogP contribution in [0.5, 0.6) is 5.75 Å². The van der Waals surface area contributed by atoms with Crippen LogP contribution < -0.4 is 4.74 Å². The van der Waals surface area contributed by atoms with E-state index < -0.39 is 0 Å². The Bertz CT molecular complexity index is 1040. The lowest BCUT2D eigenvalue weighted by atomic mass is 9.98. The summed E-state index contributed by atoms with van der Waals surface area (Å²) in [5, 5.41) is 9.05. The number of carbonyl (C=O) groups is 1. The van der Waals surface area contributed by atoms with Crippen molar-refractivity contribution in [2.24, 2.45) is 0 Å². The summed E-state index contributed by atoms with van der Waals surface area (Å²) < 4.78 is 24.4. The molecule has 0 N–H and O–H groups in total. The predicted molar refractivity (Wildman–Crippen MR) is 110 cm³/mol. The second-order valence-electron chi connectivity index (χ2n) is 6.99. The van der Waals surface area contributed by atoms with E-state index in [9.17, 15) is 9.18 Å². The number of likely N-dealkylation sites (tertiary alicyclic amines) is 1. The Labute approximate surface area is 182 Å². The van der Waals surface area contributed by atoms with Crippen LogP contribution in [0.25, 0.3) is 11.5 Å². The van der Waals surface area contributed by atoms with Crippen LogP contribution >= 0.6 is 23.2 Å². The van der Waals surface area contributed by atoms with E-state index in [0.29, 0.717) is 46.2 Å². The number of ether oxygens (including phenoxy) is 1. The lowest BCUT2D eigenvalue weighted by Gasteiger charge is -2.31. The highest BCUT2D eigenvalue weighted by Crippen LogP contribution is 2.30. The summed E-state index contributed by atoms with van der Waals surface area (Å²) in [6, 6.07) is 10.7. The summed E-state index contributed by atoms with van der Waals surface area (Å²) in [5.74, 6) is 0.654. The zero-order valence-electron chi connectivity index (χ0n) is 15.9. The highest BCUT2D eigenvalue weighted by molar-refractivity contribution is 6.35. The van der Waals surface area contributed by atoms with Crippen LogP contribution in [0.15, 0.2) is 46.9 Å². The zero-order valence-corrected chi connectivity index (χ0v) is 17.4. The van der Waals surface area contributed by atoms with Crippen molar-refractivity contribution in [3.8, 4) is 17.2 Å². The number of rotatable bonds is 5. The third-order valence-electron chi connectivity index (χ3n) is 4.90. The van der Waals surface area contributed by atoms with Gasteiger partial charge in [-0.15, -0.1) is 10.2 Å². The molecule has 1 fully saturated rings. The Balaban J connectivity index is 1.38. The second-order valence-corrected chi connectivity index (χ2v) is 7.84. The molecule has 4 rings (SSSR count). The van der Waals surface area contributed by atoms with E-state index in [4.69, 9.17) is 32.4 Å². The molecule has 6 nitrogen and oxygen atoms in total. The topological polar surface area (TPSA) is 68.5 Å². The van der Waals surface area contributed by atoms with Gasteiger partial charge in [-0.2, -0.15) is 0 Å². The molecule has 30 heavy (non-hydrogen) atoms. The number of halogens is 3. The van der Waals surface area contributed by atoms with Gasteiger partial charge in [-0.3, -0.25) is 4.79 Å². The number of hydrogen-bond donors (Lipinski definition) is 0. The van der Waals surface area contributed by atoms with Gasteiger partial charge in [0, 0.05) is 23.7 Å². The van der Waals surface area contributed by atoms with Gasteiger partial charge in [-0.1, -0.05) is 23.2 Å². The first-order valence-corrected chi connectivity index (χ1v) is 10.2. The standard InChI is InChI=1S/C21H18Cl2FN3O3/c22-15-5-8-18(17(23)10-15)29-12-19(28)27-9-1-2-14(11-27)21-26-25-20(30-21)13-3-6-16(24)7-4-13/h3-8,10,14H,1-2,9,11-12H2. The Morgan fingerprint density at radius 2 is 2.00 bits per heavy atom. The molecule has 1 aliphatic heterocycles. The highest BCUT2D eigenvalue weighted by atomic mass is 35.5. The minimum atomic E-state index is -0.331. The van der Waals surface area contributed by atoms with Crippen molar-refractivity contribution >= 4 is 29.1 Å².